The largest absolute Gasteiger partial charge is 0.496 e. The zero-order valence-electron chi connectivity index (χ0n) is 10.6. The summed E-state index contributed by atoms with van der Waals surface area (Å²) in [5.41, 5.74) is 0.731. The molecule has 100 valence electrons. The fourth-order valence-corrected chi connectivity index (χ4v) is 2.17. The van der Waals surface area contributed by atoms with Gasteiger partial charge in [-0.3, -0.25) is 4.79 Å². The van der Waals surface area contributed by atoms with Crippen molar-refractivity contribution in [2.45, 2.75) is 6.42 Å². The first-order valence-electron chi connectivity index (χ1n) is 5.91. The molecule has 1 atom stereocenters. The van der Waals surface area contributed by atoms with Gasteiger partial charge in [-0.1, -0.05) is 6.08 Å². The SMILES string of the molecule is C=CC1CC(=O)N(c2ccc(C(=O)O)c(OC)c2)C1. The van der Waals surface area contributed by atoms with Crippen LogP contribution in [0.5, 0.6) is 5.75 Å². The summed E-state index contributed by atoms with van der Waals surface area (Å²) in [4.78, 5) is 24.5. The van der Waals surface area contributed by atoms with Crippen LogP contribution in [0.2, 0.25) is 0 Å². The number of ether oxygens (including phenoxy) is 1. The van der Waals surface area contributed by atoms with Gasteiger partial charge < -0.3 is 14.7 Å². The molecule has 1 heterocycles. The molecule has 1 unspecified atom stereocenters. The smallest absolute Gasteiger partial charge is 0.339 e. The highest BCUT2D eigenvalue weighted by Crippen LogP contribution is 2.30. The van der Waals surface area contributed by atoms with Gasteiger partial charge in [0.05, 0.1) is 7.11 Å². The Morgan fingerprint density at radius 2 is 2.32 bits per heavy atom. The van der Waals surface area contributed by atoms with E-state index < -0.39 is 5.97 Å². The van der Waals surface area contributed by atoms with Crippen molar-refractivity contribution in [2.24, 2.45) is 5.92 Å². The van der Waals surface area contributed by atoms with Gasteiger partial charge >= 0.3 is 5.97 Å². The van der Waals surface area contributed by atoms with Gasteiger partial charge in [0.15, 0.2) is 0 Å². The topological polar surface area (TPSA) is 66.8 Å². The number of carbonyl (C=O) groups is 2. The highest BCUT2D eigenvalue weighted by atomic mass is 16.5. The molecular formula is C14H15NO4. The molecular weight excluding hydrogens is 246 g/mol. The highest BCUT2D eigenvalue weighted by molar-refractivity contribution is 5.97. The molecule has 1 aromatic rings. The summed E-state index contributed by atoms with van der Waals surface area (Å²) < 4.78 is 5.06. The van der Waals surface area contributed by atoms with Crippen LogP contribution >= 0.6 is 0 Å². The molecule has 0 bridgehead atoms. The number of carboxylic acid groups (broad SMARTS) is 1. The molecule has 0 aliphatic carbocycles. The number of benzene rings is 1. The lowest BCUT2D eigenvalue weighted by atomic mass is 10.1. The standard InChI is InChI=1S/C14H15NO4/c1-3-9-6-13(16)15(8-9)10-4-5-11(14(17)18)12(7-10)19-2/h3-5,7,9H,1,6,8H2,2H3,(H,17,18). The molecule has 5 nitrogen and oxygen atoms in total. The average molecular weight is 261 g/mol. The summed E-state index contributed by atoms with van der Waals surface area (Å²) in [5.74, 6) is -0.660. The zero-order chi connectivity index (χ0) is 14.0. The zero-order valence-corrected chi connectivity index (χ0v) is 10.6. The van der Waals surface area contributed by atoms with Crippen LogP contribution in [-0.4, -0.2) is 30.6 Å². The van der Waals surface area contributed by atoms with Crippen LogP contribution in [-0.2, 0) is 4.79 Å². The normalized spacial score (nSPS) is 18.5. The van der Waals surface area contributed by atoms with Crippen LogP contribution < -0.4 is 9.64 Å². The lowest BCUT2D eigenvalue weighted by molar-refractivity contribution is -0.117. The number of aromatic carboxylic acids is 1. The first-order valence-corrected chi connectivity index (χ1v) is 5.91. The molecule has 1 saturated heterocycles. The second-order valence-electron chi connectivity index (χ2n) is 4.39. The molecule has 1 N–H and O–H groups in total. The number of methoxy groups -OCH3 is 1. The minimum atomic E-state index is -1.06. The number of hydrogen-bond acceptors (Lipinski definition) is 3. The molecule has 0 saturated carbocycles. The highest BCUT2D eigenvalue weighted by Gasteiger charge is 2.29. The Bertz CT molecular complexity index is 538. The molecule has 1 aliphatic heterocycles. The number of carbonyl (C=O) groups excluding carboxylic acids is 1. The van der Waals surface area contributed by atoms with E-state index in [0.29, 0.717) is 18.7 Å². The van der Waals surface area contributed by atoms with Crippen LogP contribution in [0.15, 0.2) is 30.9 Å². The van der Waals surface area contributed by atoms with Crippen LogP contribution in [0.4, 0.5) is 5.69 Å². The minimum absolute atomic E-state index is 0.00929. The molecule has 1 amide bonds. The Hall–Kier alpha value is -2.30. The van der Waals surface area contributed by atoms with Crippen molar-refractivity contribution in [2.75, 3.05) is 18.6 Å². The summed E-state index contributed by atoms with van der Waals surface area (Å²) in [6.45, 7) is 4.26. The van der Waals surface area contributed by atoms with E-state index in [0.717, 1.165) is 0 Å². The van der Waals surface area contributed by atoms with Gasteiger partial charge in [0.2, 0.25) is 5.91 Å². The van der Waals surface area contributed by atoms with E-state index in [1.807, 2.05) is 0 Å². The molecule has 5 heteroatoms. The lowest BCUT2D eigenvalue weighted by Crippen LogP contribution is -2.24. The number of carboxylic acids is 1. The number of amides is 1. The van der Waals surface area contributed by atoms with Gasteiger partial charge in [0.1, 0.15) is 11.3 Å². The molecule has 1 fully saturated rings. The third-order valence-electron chi connectivity index (χ3n) is 3.22. The Morgan fingerprint density at radius 3 is 2.84 bits per heavy atom. The van der Waals surface area contributed by atoms with Crippen LogP contribution in [0.1, 0.15) is 16.8 Å². The van der Waals surface area contributed by atoms with Crippen molar-refractivity contribution in [3.63, 3.8) is 0 Å². The van der Waals surface area contributed by atoms with Gasteiger partial charge in [-0.25, -0.2) is 4.79 Å². The Balaban J connectivity index is 2.34. The number of nitrogens with zero attached hydrogens (tertiary/aromatic N) is 1. The van der Waals surface area contributed by atoms with Crippen molar-refractivity contribution in [3.8, 4) is 5.75 Å². The van der Waals surface area contributed by atoms with E-state index in [4.69, 9.17) is 9.84 Å². The van der Waals surface area contributed by atoms with Gasteiger partial charge in [0.25, 0.3) is 0 Å². The third-order valence-corrected chi connectivity index (χ3v) is 3.22. The second kappa shape index (κ2) is 5.14. The molecule has 0 aromatic heterocycles. The summed E-state index contributed by atoms with van der Waals surface area (Å²) in [6, 6.07) is 4.65. The predicted octanol–water partition coefficient (Wildman–Crippen LogP) is 1.93. The average Bonchev–Trinajstić information content (AvgIpc) is 2.79. The van der Waals surface area contributed by atoms with Gasteiger partial charge in [0, 0.05) is 30.6 Å². The molecule has 1 aliphatic rings. The van der Waals surface area contributed by atoms with Crippen molar-refractivity contribution >= 4 is 17.6 Å². The fraction of sp³-hybridized carbons (Fsp3) is 0.286. The summed E-state index contributed by atoms with van der Waals surface area (Å²) in [7, 11) is 1.41. The molecule has 19 heavy (non-hydrogen) atoms. The van der Waals surface area contributed by atoms with Crippen molar-refractivity contribution < 1.29 is 19.4 Å². The van der Waals surface area contributed by atoms with E-state index in [1.165, 1.54) is 13.2 Å². The summed E-state index contributed by atoms with van der Waals surface area (Å²) in [6.07, 6.45) is 2.20. The molecule has 0 radical (unpaired) electrons. The third kappa shape index (κ3) is 2.45. The lowest BCUT2D eigenvalue weighted by Gasteiger charge is -2.17. The fourth-order valence-electron chi connectivity index (χ4n) is 2.17. The number of hydrogen-bond donors (Lipinski definition) is 1. The Morgan fingerprint density at radius 1 is 1.58 bits per heavy atom. The van der Waals surface area contributed by atoms with E-state index in [-0.39, 0.29) is 23.1 Å². The van der Waals surface area contributed by atoms with Crippen molar-refractivity contribution in [3.05, 3.63) is 36.4 Å². The first-order chi connectivity index (χ1) is 9.06. The first kappa shape index (κ1) is 13.1. The van der Waals surface area contributed by atoms with Gasteiger partial charge in [-0.2, -0.15) is 0 Å². The molecule has 1 aromatic carbocycles. The van der Waals surface area contributed by atoms with Crippen LogP contribution in [0.25, 0.3) is 0 Å². The number of anilines is 1. The maximum absolute atomic E-state index is 11.9. The summed E-state index contributed by atoms with van der Waals surface area (Å²) >= 11 is 0. The summed E-state index contributed by atoms with van der Waals surface area (Å²) in [5, 5.41) is 9.01. The quantitative estimate of drug-likeness (QED) is 0.841. The van der Waals surface area contributed by atoms with Gasteiger partial charge in [-0.15, -0.1) is 6.58 Å². The second-order valence-corrected chi connectivity index (χ2v) is 4.39. The van der Waals surface area contributed by atoms with E-state index in [1.54, 1.807) is 23.1 Å². The molecule has 2 rings (SSSR count). The van der Waals surface area contributed by atoms with Crippen LogP contribution in [0.3, 0.4) is 0 Å². The predicted molar refractivity (Wildman–Crippen MR) is 70.6 cm³/mol. The maximum Gasteiger partial charge on any atom is 0.339 e. The Labute approximate surface area is 111 Å². The van der Waals surface area contributed by atoms with Crippen molar-refractivity contribution in [1.29, 1.82) is 0 Å². The Kier molecular flexibility index (Phi) is 3.55. The van der Waals surface area contributed by atoms with E-state index in [9.17, 15) is 9.59 Å². The number of rotatable bonds is 4. The van der Waals surface area contributed by atoms with Gasteiger partial charge in [-0.05, 0) is 12.1 Å². The van der Waals surface area contributed by atoms with Crippen LogP contribution in [0, 0.1) is 5.92 Å². The van der Waals surface area contributed by atoms with E-state index >= 15 is 0 Å². The molecule has 0 spiro atoms. The monoisotopic (exact) mass is 261 g/mol. The maximum atomic E-state index is 11.9. The van der Waals surface area contributed by atoms with E-state index in [2.05, 4.69) is 6.58 Å². The minimum Gasteiger partial charge on any atom is -0.496 e. The van der Waals surface area contributed by atoms with Crippen molar-refractivity contribution in [1.82, 2.24) is 0 Å².